The van der Waals surface area contributed by atoms with Gasteiger partial charge in [-0.3, -0.25) is 9.78 Å². The van der Waals surface area contributed by atoms with E-state index in [2.05, 4.69) is 23.4 Å². The van der Waals surface area contributed by atoms with Gasteiger partial charge in [-0.15, -0.1) is 0 Å². The number of primary amides is 1. The first-order valence-electron chi connectivity index (χ1n) is 9.03. The molecule has 0 radical (unpaired) electrons. The molecular weight excluding hydrogens is 298 g/mol. The predicted octanol–water partition coefficient (Wildman–Crippen LogP) is 4.49. The van der Waals surface area contributed by atoms with Crippen molar-refractivity contribution < 1.29 is 4.79 Å². The molecule has 0 aromatic carbocycles. The van der Waals surface area contributed by atoms with Crippen LogP contribution in [0.3, 0.4) is 0 Å². The average Bonchev–Trinajstić information content (AvgIpc) is 2.86. The number of aromatic nitrogens is 2. The lowest BCUT2D eigenvalue weighted by Crippen LogP contribution is -2.13. The average molecular weight is 327 g/mol. The standard InChI is InChI=1S/C20H29N3O/c1-4-6-8-11-17-19(16-10-9-12-22-14-16)18(20(21)24)15(3)23(17)13-7-5-2/h9-10,12,14H,4-8,11,13H2,1-3H3,(H2,21,24). The number of nitrogens with two attached hydrogens (primary N) is 1. The molecule has 2 heterocycles. The molecule has 1 amide bonds. The van der Waals surface area contributed by atoms with Crippen molar-refractivity contribution in [1.82, 2.24) is 9.55 Å². The molecule has 2 aromatic heterocycles. The Balaban J connectivity index is 2.60. The van der Waals surface area contributed by atoms with Crippen LogP contribution in [-0.2, 0) is 13.0 Å². The molecule has 2 N–H and O–H groups in total. The molecular formula is C20H29N3O. The van der Waals surface area contributed by atoms with Crippen molar-refractivity contribution in [1.29, 1.82) is 0 Å². The zero-order valence-electron chi connectivity index (χ0n) is 15.1. The molecule has 130 valence electrons. The monoisotopic (exact) mass is 327 g/mol. The number of carbonyl (C=O) groups is 1. The third kappa shape index (κ3) is 3.86. The summed E-state index contributed by atoms with van der Waals surface area (Å²) in [5.41, 5.74) is 10.6. The largest absolute Gasteiger partial charge is 0.366 e. The van der Waals surface area contributed by atoms with Crippen molar-refractivity contribution in [2.45, 2.75) is 65.8 Å². The number of nitrogens with zero attached hydrogens (tertiary/aromatic N) is 2. The van der Waals surface area contributed by atoms with Crippen LogP contribution in [0, 0.1) is 6.92 Å². The summed E-state index contributed by atoms with van der Waals surface area (Å²) in [5, 5.41) is 0. The summed E-state index contributed by atoms with van der Waals surface area (Å²) in [6.45, 7) is 7.34. The lowest BCUT2D eigenvalue weighted by Gasteiger charge is -2.13. The summed E-state index contributed by atoms with van der Waals surface area (Å²) in [6, 6.07) is 3.93. The molecule has 4 heteroatoms. The van der Waals surface area contributed by atoms with Crippen LogP contribution < -0.4 is 5.73 Å². The lowest BCUT2D eigenvalue weighted by atomic mass is 9.98. The van der Waals surface area contributed by atoms with Gasteiger partial charge in [0.15, 0.2) is 0 Å². The second-order valence-corrected chi connectivity index (χ2v) is 6.35. The minimum absolute atomic E-state index is 0.349. The number of amides is 1. The number of unbranched alkanes of at least 4 members (excludes halogenated alkanes) is 3. The van der Waals surface area contributed by atoms with Crippen LogP contribution in [-0.4, -0.2) is 15.5 Å². The highest BCUT2D eigenvalue weighted by Crippen LogP contribution is 2.33. The Kier molecular flexibility index (Phi) is 6.59. The zero-order valence-corrected chi connectivity index (χ0v) is 15.1. The van der Waals surface area contributed by atoms with Crippen molar-refractivity contribution in [3.05, 3.63) is 41.5 Å². The molecule has 0 atom stereocenters. The molecule has 0 bridgehead atoms. The van der Waals surface area contributed by atoms with Gasteiger partial charge in [0.05, 0.1) is 5.56 Å². The van der Waals surface area contributed by atoms with Gasteiger partial charge in [0.1, 0.15) is 0 Å². The first kappa shape index (κ1) is 18.2. The minimum Gasteiger partial charge on any atom is -0.366 e. The third-order valence-electron chi connectivity index (χ3n) is 4.58. The summed E-state index contributed by atoms with van der Waals surface area (Å²) < 4.78 is 2.31. The van der Waals surface area contributed by atoms with Crippen molar-refractivity contribution >= 4 is 5.91 Å². The molecule has 4 nitrogen and oxygen atoms in total. The maximum Gasteiger partial charge on any atom is 0.251 e. The molecule has 24 heavy (non-hydrogen) atoms. The van der Waals surface area contributed by atoms with E-state index in [1.807, 2.05) is 25.3 Å². The highest BCUT2D eigenvalue weighted by molar-refractivity contribution is 6.02. The van der Waals surface area contributed by atoms with E-state index in [4.69, 9.17) is 5.73 Å². The second kappa shape index (κ2) is 8.67. The van der Waals surface area contributed by atoms with Crippen LogP contribution in [0.25, 0.3) is 11.1 Å². The van der Waals surface area contributed by atoms with Gasteiger partial charge in [0.25, 0.3) is 5.91 Å². The Morgan fingerprint density at radius 1 is 1.21 bits per heavy atom. The Labute approximate surface area is 145 Å². The van der Waals surface area contributed by atoms with E-state index in [1.165, 1.54) is 18.5 Å². The fourth-order valence-corrected chi connectivity index (χ4v) is 3.34. The van der Waals surface area contributed by atoms with Gasteiger partial charge < -0.3 is 10.3 Å². The smallest absolute Gasteiger partial charge is 0.251 e. The van der Waals surface area contributed by atoms with Crippen LogP contribution in [0.15, 0.2) is 24.5 Å². The van der Waals surface area contributed by atoms with E-state index in [1.54, 1.807) is 6.20 Å². The SMILES string of the molecule is CCCCCc1c(-c2cccnc2)c(C(N)=O)c(C)n1CCCC. The summed E-state index contributed by atoms with van der Waals surface area (Å²) >= 11 is 0. The maximum absolute atomic E-state index is 12.2. The summed E-state index contributed by atoms with van der Waals surface area (Å²) in [6.07, 6.45) is 10.3. The van der Waals surface area contributed by atoms with Crippen molar-refractivity contribution in [2.75, 3.05) is 0 Å². The fraction of sp³-hybridized carbons (Fsp3) is 0.500. The Morgan fingerprint density at radius 3 is 2.54 bits per heavy atom. The molecule has 0 saturated heterocycles. The summed E-state index contributed by atoms with van der Waals surface area (Å²) in [5.74, 6) is -0.349. The van der Waals surface area contributed by atoms with Gasteiger partial charge in [0.2, 0.25) is 0 Å². The van der Waals surface area contributed by atoms with E-state index >= 15 is 0 Å². The number of carbonyl (C=O) groups excluding carboxylic acids is 1. The fourth-order valence-electron chi connectivity index (χ4n) is 3.34. The Hall–Kier alpha value is -2.10. The van der Waals surface area contributed by atoms with Crippen LogP contribution in [0.2, 0.25) is 0 Å². The number of rotatable bonds is 9. The van der Waals surface area contributed by atoms with Gasteiger partial charge in [-0.1, -0.05) is 39.2 Å². The van der Waals surface area contributed by atoms with E-state index in [9.17, 15) is 4.79 Å². The quantitative estimate of drug-likeness (QED) is 0.690. The third-order valence-corrected chi connectivity index (χ3v) is 4.58. The Bertz CT molecular complexity index is 674. The van der Waals surface area contributed by atoms with E-state index in [0.717, 1.165) is 49.0 Å². The maximum atomic E-state index is 12.2. The normalized spacial score (nSPS) is 11.0. The molecule has 0 aliphatic rings. The number of pyridine rings is 1. The van der Waals surface area contributed by atoms with Crippen LogP contribution in [0.4, 0.5) is 0 Å². The zero-order chi connectivity index (χ0) is 17.5. The highest BCUT2D eigenvalue weighted by atomic mass is 16.1. The first-order valence-corrected chi connectivity index (χ1v) is 9.03. The van der Waals surface area contributed by atoms with Gasteiger partial charge in [-0.2, -0.15) is 0 Å². The number of hydrogen-bond donors (Lipinski definition) is 1. The van der Waals surface area contributed by atoms with E-state index < -0.39 is 0 Å². The van der Waals surface area contributed by atoms with Crippen molar-refractivity contribution in [3.63, 3.8) is 0 Å². The summed E-state index contributed by atoms with van der Waals surface area (Å²) in [4.78, 5) is 16.4. The molecule has 2 rings (SSSR count). The summed E-state index contributed by atoms with van der Waals surface area (Å²) in [7, 11) is 0. The first-order chi connectivity index (χ1) is 11.6. The van der Waals surface area contributed by atoms with Gasteiger partial charge in [-0.25, -0.2) is 0 Å². The van der Waals surface area contributed by atoms with Crippen LogP contribution >= 0.6 is 0 Å². The van der Waals surface area contributed by atoms with Crippen molar-refractivity contribution in [3.8, 4) is 11.1 Å². The van der Waals surface area contributed by atoms with Gasteiger partial charge in [0, 0.05) is 41.5 Å². The minimum atomic E-state index is -0.349. The van der Waals surface area contributed by atoms with Crippen LogP contribution in [0.5, 0.6) is 0 Å². The van der Waals surface area contributed by atoms with Crippen LogP contribution in [0.1, 0.15) is 67.7 Å². The second-order valence-electron chi connectivity index (χ2n) is 6.35. The molecule has 0 spiro atoms. The van der Waals surface area contributed by atoms with Gasteiger partial charge >= 0.3 is 0 Å². The molecule has 0 unspecified atom stereocenters. The van der Waals surface area contributed by atoms with Crippen molar-refractivity contribution in [2.24, 2.45) is 5.73 Å². The molecule has 0 aliphatic carbocycles. The van der Waals surface area contributed by atoms with E-state index in [-0.39, 0.29) is 5.91 Å². The molecule has 0 aliphatic heterocycles. The number of hydrogen-bond acceptors (Lipinski definition) is 2. The highest BCUT2D eigenvalue weighted by Gasteiger charge is 2.24. The molecule has 0 saturated carbocycles. The van der Waals surface area contributed by atoms with E-state index in [0.29, 0.717) is 5.56 Å². The topological polar surface area (TPSA) is 60.9 Å². The molecule has 2 aromatic rings. The lowest BCUT2D eigenvalue weighted by molar-refractivity contribution is 0.1000. The molecule has 0 fully saturated rings. The Morgan fingerprint density at radius 2 is 1.96 bits per heavy atom. The van der Waals surface area contributed by atoms with Gasteiger partial charge in [-0.05, 0) is 32.3 Å². The predicted molar refractivity (Wildman–Crippen MR) is 99.1 cm³/mol.